The highest BCUT2D eigenvalue weighted by Gasteiger charge is 2.08. The topological polar surface area (TPSA) is 12.9 Å². The van der Waals surface area contributed by atoms with Crippen LogP contribution in [0.2, 0.25) is 5.02 Å². The summed E-state index contributed by atoms with van der Waals surface area (Å²) in [4.78, 5) is 4.58. The Labute approximate surface area is 109 Å². The van der Waals surface area contributed by atoms with Crippen molar-refractivity contribution in [1.29, 1.82) is 0 Å². The third kappa shape index (κ3) is 3.06. The van der Waals surface area contributed by atoms with Crippen LogP contribution in [0.4, 0.5) is 0 Å². The van der Waals surface area contributed by atoms with Crippen molar-refractivity contribution in [2.45, 2.75) is 11.2 Å². The molecule has 2 aromatic rings. The summed E-state index contributed by atoms with van der Waals surface area (Å²) in [5.41, 5.74) is 2.30. The standard InChI is InChI=1S/C13H11BrClN/c14-13(9-12-3-1-2-8-16-12)10-4-6-11(15)7-5-10/h1-8,13H,9H2. The van der Waals surface area contributed by atoms with Gasteiger partial charge < -0.3 is 0 Å². The largest absolute Gasteiger partial charge is 0.261 e. The molecule has 0 aliphatic rings. The molecule has 1 aromatic heterocycles. The zero-order valence-corrected chi connectivity index (χ0v) is 10.9. The van der Waals surface area contributed by atoms with Gasteiger partial charge in [0.1, 0.15) is 0 Å². The van der Waals surface area contributed by atoms with E-state index in [0.717, 1.165) is 17.1 Å². The van der Waals surface area contributed by atoms with Gasteiger partial charge in [0, 0.05) is 28.2 Å². The lowest BCUT2D eigenvalue weighted by atomic mass is 10.1. The predicted octanol–water partition coefficient (Wildman–Crippen LogP) is 4.41. The molecule has 0 aliphatic heterocycles. The molecule has 1 aromatic carbocycles. The number of nitrogens with zero attached hydrogens (tertiary/aromatic N) is 1. The fourth-order valence-electron chi connectivity index (χ4n) is 1.49. The van der Waals surface area contributed by atoms with Crippen LogP contribution in [0.3, 0.4) is 0 Å². The Morgan fingerprint density at radius 3 is 2.50 bits per heavy atom. The minimum Gasteiger partial charge on any atom is -0.261 e. The van der Waals surface area contributed by atoms with Gasteiger partial charge in [0.15, 0.2) is 0 Å². The van der Waals surface area contributed by atoms with Crippen molar-refractivity contribution in [3.8, 4) is 0 Å². The quantitative estimate of drug-likeness (QED) is 0.764. The summed E-state index contributed by atoms with van der Waals surface area (Å²) in [6.45, 7) is 0. The summed E-state index contributed by atoms with van der Waals surface area (Å²) < 4.78 is 0. The van der Waals surface area contributed by atoms with Gasteiger partial charge in [-0.2, -0.15) is 0 Å². The fraction of sp³-hybridized carbons (Fsp3) is 0.154. The molecular weight excluding hydrogens is 286 g/mol. The van der Waals surface area contributed by atoms with Crippen molar-refractivity contribution in [1.82, 2.24) is 4.98 Å². The summed E-state index contributed by atoms with van der Waals surface area (Å²) in [6, 6.07) is 13.8. The first-order chi connectivity index (χ1) is 7.75. The highest BCUT2D eigenvalue weighted by atomic mass is 79.9. The second-order valence-corrected chi connectivity index (χ2v) is 5.09. The number of pyridine rings is 1. The summed E-state index contributed by atoms with van der Waals surface area (Å²) >= 11 is 9.51. The minimum absolute atomic E-state index is 0.277. The van der Waals surface area contributed by atoms with Gasteiger partial charge >= 0.3 is 0 Å². The molecule has 0 saturated heterocycles. The van der Waals surface area contributed by atoms with Gasteiger partial charge in [-0.25, -0.2) is 0 Å². The summed E-state index contributed by atoms with van der Waals surface area (Å²) in [5.74, 6) is 0. The van der Waals surface area contributed by atoms with Crippen LogP contribution in [0.5, 0.6) is 0 Å². The second kappa shape index (κ2) is 5.46. The van der Waals surface area contributed by atoms with Gasteiger partial charge in [0.25, 0.3) is 0 Å². The van der Waals surface area contributed by atoms with Crippen molar-refractivity contribution in [3.63, 3.8) is 0 Å². The van der Waals surface area contributed by atoms with Crippen molar-refractivity contribution in [2.24, 2.45) is 0 Å². The van der Waals surface area contributed by atoms with Gasteiger partial charge in [-0.15, -0.1) is 0 Å². The Balaban J connectivity index is 2.09. The van der Waals surface area contributed by atoms with Crippen molar-refractivity contribution in [2.75, 3.05) is 0 Å². The molecule has 0 saturated carbocycles. The average molecular weight is 297 g/mol. The first-order valence-corrected chi connectivity index (χ1v) is 6.34. The molecule has 1 nitrogen and oxygen atoms in total. The molecule has 1 atom stereocenters. The Kier molecular flexibility index (Phi) is 3.97. The zero-order chi connectivity index (χ0) is 11.4. The van der Waals surface area contributed by atoms with Crippen LogP contribution in [0.1, 0.15) is 16.1 Å². The highest BCUT2D eigenvalue weighted by molar-refractivity contribution is 9.09. The maximum Gasteiger partial charge on any atom is 0.0450 e. The van der Waals surface area contributed by atoms with Crippen LogP contribution in [0.15, 0.2) is 48.7 Å². The molecule has 2 rings (SSSR count). The molecule has 0 N–H and O–H groups in total. The van der Waals surface area contributed by atoms with E-state index in [1.165, 1.54) is 5.56 Å². The predicted molar refractivity (Wildman–Crippen MR) is 71.1 cm³/mol. The maximum atomic E-state index is 5.85. The summed E-state index contributed by atoms with van der Waals surface area (Å²) in [5, 5.41) is 0.765. The van der Waals surface area contributed by atoms with E-state index >= 15 is 0 Å². The smallest absolute Gasteiger partial charge is 0.0450 e. The molecule has 1 unspecified atom stereocenters. The lowest BCUT2D eigenvalue weighted by molar-refractivity contribution is 0.905. The molecule has 0 amide bonds. The molecule has 0 spiro atoms. The number of alkyl halides is 1. The SMILES string of the molecule is Clc1ccc(C(Br)Cc2ccccn2)cc1. The van der Waals surface area contributed by atoms with Crippen molar-refractivity contribution in [3.05, 3.63) is 64.9 Å². The van der Waals surface area contributed by atoms with Crippen LogP contribution >= 0.6 is 27.5 Å². The van der Waals surface area contributed by atoms with Gasteiger partial charge in [-0.1, -0.05) is 45.7 Å². The number of hydrogen-bond donors (Lipinski definition) is 0. The molecule has 16 heavy (non-hydrogen) atoms. The Morgan fingerprint density at radius 1 is 1.12 bits per heavy atom. The van der Waals surface area contributed by atoms with E-state index in [2.05, 4.69) is 20.9 Å². The second-order valence-electron chi connectivity index (χ2n) is 3.54. The van der Waals surface area contributed by atoms with E-state index in [9.17, 15) is 0 Å². The van der Waals surface area contributed by atoms with Crippen molar-refractivity contribution < 1.29 is 0 Å². The Hall–Kier alpha value is -0.860. The summed E-state index contributed by atoms with van der Waals surface area (Å²) in [7, 11) is 0. The van der Waals surface area contributed by atoms with E-state index in [0.29, 0.717) is 0 Å². The van der Waals surface area contributed by atoms with E-state index in [4.69, 9.17) is 11.6 Å². The first-order valence-electron chi connectivity index (χ1n) is 5.05. The molecule has 0 radical (unpaired) electrons. The van der Waals surface area contributed by atoms with Crippen LogP contribution in [-0.2, 0) is 6.42 Å². The summed E-state index contributed by atoms with van der Waals surface area (Å²) in [6.07, 6.45) is 2.69. The molecule has 3 heteroatoms. The lowest BCUT2D eigenvalue weighted by Gasteiger charge is -2.09. The number of rotatable bonds is 3. The molecule has 0 aliphatic carbocycles. The molecule has 0 fully saturated rings. The minimum atomic E-state index is 0.277. The van der Waals surface area contributed by atoms with Gasteiger partial charge in [-0.05, 0) is 29.8 Å². The highest BCUT2D eigenvalue weighted by Crippen LogP contribution is 2.27. The Bertz CT molecular complexity index is 441. The van der Waals surface area contributed by atoms with Crippen molar-refractivity contribution >= 4 is 27.5 Å². The van der Waals surface area contributed by atoms with Crippen LogP contribution < -0.4 is 0 Å². The van der Waals surface area contributed by atoms with Crippen LogP contribution in [0.25, 0.3) is 0 Å². The van der Waals surface area contributed by atoms with E-state index in [-0.39, 0.29) is 4.83 Å². The number of halogens is 2. The zero-order valence-electron chi connectivity index (χ0n) is 8.61. The normalized spacial score (nSPS) is 12.4. The lowest BCUT2D eigenvalue weighted by Crippen LogP contribution is -1.97. The monoisotopic (exact) mass is 295 g/mol. The van der Waals surface area contributed by atoms with Gasteiger partial charge in [0.2, 0.25) is 0 Å². The average Bonchev–Trinajstić information content (AvgIpc) is 2.31. The van der Waals surface area contributed by atoms with Gasteiger partial charge in [-0.3, -0.25) is 4.98 Å². The molecule has 0 bridgehead atoms. The van der Waals surface area contributed by atoms with Gasteiger partial charge in [0.05, 0.1) is 0 Å². The Morgan fingerprint density at radius 2 is 1.88 bits per heavy atom. The van der Waals surface area contributed by atoms with Crippen LogP contribution in [0, 0.1) is 0 Å². The van der Waals surface area contributed by atoms with E-state index < -0.39 is 0 Å². The number of aromatic nitrogens is 1. The van der Waals surface area contributed by atoms with E-state index in [1.807, 2.05) is 48.7 Å². The number of benzene rings is 1. The number of hydrogen-bond acceptors (Lipinski definition) is 1. The van der Waals surface area contributed by atoms with Crippen LogP contribution in [-0.4, -0.2) is 4.98 Å². The first kappa shape index (κ1) is 11.6. The molecule has 82 valence electrons. The van der Waals surface area contributed by atoms with E-state index in [1.54, 1.807) is 0 Å². The maximum absolute atomic E-state index is 5.85. The molecular formula is C13H11BrClN. The fourth-order valence-corrected chi connectivity index (χ4v) is 2.25. The molecule has 1 heterocycles. The third-order valence-electron chi connectivity index (χ3n) is 2.35. The third-order valence-corrected chi connectivity index (χ3v) is 3.45.